The number of nitrogens with one attached hydrogen (secondary N) is 1. The molecule has 4 rings (SSSR count). The lowest BCUT2D eigenvalue weighted by Crippen LogP contribution is -2.54. The topological polar surface area (TPSA) is 66.2 Å². The number of nitrogens with zero attached hydrogens (tertiary/aromatic N) is 2. The zero-order valence-electron chi connectivity index (χ0n) is 14.7. The molecule has 2 aromatic rings. The molecule has 2 aliphatic rings. The van der Waals surface area contributed by atoms with Gasteiger partial charge in [0.15, 0.2) is 0 Å². The molecule has 3 heterocycles. The first-order chi connectivity index (χ1) is 11.9. The van der Waals surface area contributed by atoms with E-state index in [1.165, 1.54) is 0 Å². The van der Waals surface area contributed by atoms with Crippen LogP contribution in [0.1, 0.15) is 31.4 Å². The van der Waals surface area contributed by atoms with Gasteiger partial charge < -0.3 is 9.47 Å². The molecule has 1 spiro atoms. The number of aromatic nitrogens is 1. The summed E-state index contributed by atoms with van der Waals surface area (Å²) >= 11 is 0. The molecule has 1 N–H and O–H groups in total. The number of hydrogen-bond acceptors (Lipinski definition) is 3. The van der Waals surface area contributed by atoms with Crippen molar-refractivity contribution in [2.45, 2.75) is 37.6 Å². The molecule has 0 radical (unpaired) electrons. The minimum absolute atomic E-state index is 0.112. The molecule has 6 heteroatoms. The standard InChI is InChI=1S/C19H25N3O2S/c1-21-16(12-15-6-2-3-7-17(15)21)13-18(23)22-10-4-8-19(22)9-5-11-25(20,24)14-19/h2-3,6-7,12,20H,4-5,8-11,13-14H2,1H3. The van der Waals surface area contributed by atoms with Crippen LogP contribution in [0.3, 0.4) is 0 Å². The van der Waals surface area contributed by atoms with Crippen molar-refractivity contribution in [3.05, 3.63) is 36.0 Å². The molecule has 0 bridgehead atoms. The van der Waals surface area contributed by atoms with E-state index >= 15 is 0 Å². The smallest absolute Gasteiger partial charge is 0.228 e. The second-order valence-corrected chi connectivity index (χ2v) is 9.89. The number of para-hydroxylation sites is 1. The molecule has 0 aliphatic carbocycles. The SMILES string of the molecule is Cn1c(CC(=O)N2CCCC23CCCS(=N)(=O)C3)cc2ccccc21. The highest BCUT2D eigenvalue weighted by Gasteiger charge is 2.47. The second-order valence-electron chi connectivity index (χ2n) is 7.57. The van der Waals surface area contributed by atoms with Crippen molar-refractivity contribution in [1.82, 2.24) is 9.47 Å². The number of hydrogen-bond donors (Lipinski definition) is 1. The Morgan fingerprint density at radius 1 is 1.28 bits per heavy atom. The first-order valence-corrected chi connectivity index (χ1v) is 10.9. The Morgan fingerprint density at radius 2 is 2.04 bits per heavy atom. The van der Waals surface area contributed by atoms with E-state index in [2.05, 4.69) is 22.8 Å². The van der Waals surface area contributed by atoms with Crippen molar-refractivity contribution in [3.8, 4) is 0 Å². The lowest BCUT2D eigenvalue weighted by Gasteiger charge is -2.42. The summed E-state index contributed by atoms with van der Waals surface area (Å²) < 4.78 is 22.5. The largest absolute Gasteiger partial charge is 0.347 e. The number of rotatable bonds is 2. The maximum atomic E-state index is 13.1. The van der Waals surface area contributed by atoms with Gasteiger partial charge in [0.1, 0.15) is 0 Å². The Kier molecular flexibility index (Phi) is 3.90. The van der Waals surface area contributed by atoms with Gasteiger partial charge in [-0.3, -0.25) is 9.57 Å². The van der Waals surface area contributed by atoms with Crippen LogP contribution >= 0.6 is 0 Å². The van der Waals surface area contributed by atoms with E-state index in [0.717, 1.165) is 48.8 Å². The number of benzene rings is 1. The van der Waals surface area contributed by atoms with Crippen LogP contribution in [-0.4, -0.2) is 43.2 Å². The predicted octanol–water partition coefficient (Wildman–Crippen LogP) is 2.92. The fraction of sp³-hybridized carbons (Fsp3) is 0.526. The van der Waals surface area contributed by atoms with Crippen LogP contribution < -0.4 is 0 Å². The molecule has 5 nitrogen and oxygen atoms in total. The maximum absolute atomic E-state index is 13.1. The molecule has 1 aromatic carbocycles. The van der Waals surface area contributed by atoms with Gasteiger partial charge in [-0.1, -0.05) is 18.2 Å². The fourth-order valence-electron chi connectivity index (χ4n) is 4.72. The molecule has 25 heavy (non-hydrogen) atoms. The maximum Gasteiger partial charge on any atom is 0.228 e. The summed E-state index contributed by atoms with van der Waals surface area (Å²) in [5, 5.41) is 1.15. The van der Waals surface area contributed by atoms with Crippen LogP contribution in [0.4, 0.5) is 0 Å². The Labute approximate surface area is 149 Å². The van der Waals surface area contributed by atoms with E-state index in [-0.39, 0.29) is 11.4 Å². The summed E-state index contributed by atoms with van der Waals surface area (Å²) in [6, 6.07) is 10.2. The molecule has 134 valence electrons. The number of carbonyl (C=O) groups is 1. The van der Waals surface area contributed by atoms with Gasteiger partial charge in [-0.25, -0.2) is 4.21 Å². The Morgan fingerprint density at radius 3 is 2.80 bits per heavy atom. The van der Waals surface area contributed by atoms with Crippen molar-refractivity contribution < 1.29 is 9.00 Å². The second kappa shape index (κ2) is 5.87. The molecule has 2 unspecified atom stereocenters. The summed E-state index contributed by atoms with van der Waals surface area (Å²) in [5.74, 6) is 0.960. The van der Waals surface area contributed by atoms with Crippen molar-refractivity contribution in [3.63, 3.8) is 0 Å². The molecule has 0 saturated carbocycles. The summed E-state index contributed by atoms with van der Waals surface area (Å²) in [5.41, 5.74) is 1.81. The highest BCUT2D eigenvalue weighted by Crippen LogP contribution is 2.38. The molecular weight excluding hydrogens is 334 g/mol. The summed E-state index contributed by atoms with van der Waals surface area (Å²) in [7, 11) is -0.540. The minimum Gasteiger partial charge on any atom is -0.347 e. The normalized spacial score (nSPS) is 29.6. The van der Waals surface area contributed by atoms with Gasteiger partial charge in [0.05, 0.1) is 17.7 Å². The Bertz CT molecular complexity index is 931. The van der Waals surface area contributed by atoms with Gasteiger partial charge in [-0.2, -0.15) is 0 Å². The van der Waals surface area contributed by atoms with Crippen LogP contribution in [0.2, 0.25) is 0 Å². The monoisotopic (exact) mass is 359 g/mol. The third-order valence-electron chi connectivity index (χ3n) is 5.90. The molecule has 2 aliphatic heterocycles. The average molecular weight is 359 g/mol. The molecule has 2 atom stereocenters. The fourth-order valence-corrected chi connectivity index (χ4v) is 6.78. The van der Waals surface area contributed by atoms with Crippen LogP contribution in [0.25, 0.3) is 10.9 Å². The summed E-state index contributed by atoms with van der Waals surface area (Å²) in [4.78, 5) is 15.0. The van der Waals surface area contributed by atoms with Gasteiger partial charge in [0.2, 0.25) is 5.91 Å². The first kappa shape index (κ1) is 16.6. The highest BCUT2D eigenvalue weighted by atomic mass is 32.2. The van der Waals surface area contributed by atoms with Crippen LogP contribution in [0, 0.1) is 4.78 Å². The number of carbonyl (C=O) groups excluding carboxylic acids is 1. The van der Waals surface area contributed by atoms with E-state index in [0.29, 0.717) is 17.9 Å². The third kappa shape index (κ3) is 2.86. The molecular formula is C19H25N3O2S. The predicted molar refractivity (Wildman–Crippen MR) is 100 cm³/mol. The van der Waals surface area contributed by atoms with Crippen molar-refractivity contribution in [2.24, 2.45) is 7.05 Å². The van der Waals surface area contributed by atoms with Gasteiger partial charge >= 0.3 is 0 Å². The minimum atomic E-state index is -2.54. The van der Waals surface area contributed by atoms with E-state index in [4.69, 9.17) is 4.78 Å². The van der Waals surface area contributed by atoms with Gasteiger partial charge in [0, 0.05) is 40.3 Å². The van der Waals surface area contributed by atoms with E-state index < -0.39 is 9.73 Å². The summed E-state index contributed by atoms with van der Waals surface area (Å²) in [6.07, 6.45) is 3.90. The summed E-state index contributed by atoms with van der Waals surface area (Å²) in [6.45, 7) is 0.734. The zero-order chi connectivity index (χ0) is 17.7. The van der Waals surface area contributed by atoms with Gasteiger partial charge in [-0.15, -0.1) is 0 Å². The zero-order valence-corrected chi connectivity index (χ0v) is 15.5. The van der Waals surface area contributed by atoms with Crippen molar-refractivity contribution in [2.75, 3.05) is 18.1 Å². The van der Waals surface area contributed by atoms with Gasteiger partial charge in [-0.05, 0) is 43.2 Å². The number of aryl methyl sites for hydroxylation is 1. The average Bonchev–Trinajstić information content (AvgIpc) is 3.08. The molecule has 2 fully saturated rings. The van der Waals surface area contributed by atoms with Gasteiger partial charge in [0.25, 0.3) is 0 Å². The highest BCUT2D eigenvalue weighted by molar-refractivity contribution is 7.92. The van der Waals surface area contributed by atoms with Crippen LogP contribution in [0.15, 0.2) is 30.3 Å². The number of amides is 1. The Hall–Kier alpha value is -1.82. The lowest BCUT2D eigenvalue weighted by molar-refractivity contribution is -0.134. The quantitative estimate of drug-likeness (QED) is 0.896. The first-order valence-electron chi connectivity index (χ1n) is 8.98. The number of likely N-dealkylation sites (tertiary alicyclic amines) is 1. The van der Waals surface area contributed by atoms with E-state index in [1.807, 2.05) is 24.1 Å². The van der Waals surface area contributed by atoms with Crippen LogP contribution in [0.5, 0.6) is 0 Å². The Balaban J connectivity index is 1.60. The van der Waals surface area contributed by atoms with Crippen molar-refractivity contribution >= 4 is 26.5 Å². The van der Waals surface area contributed by atoms with E-state index in [9.17, 15) is 9.00 Å². The van der Waals surface area contributed by atoms with Crippen LogP contribution in [-0.2, 0) is 28.0 Å². The molecule has 1 aromatic heterocycles. The van der Waals surface area contributed by atoms with Crippen molar-refractivity contribution in [1.29, 1.82) is 4.78 Å². The van der Waals surface area contributed by atoms with E-state index in [1.54, 1.807) is 0 Å². The third-order valence-corrected chi connectivity index (χ3v) is 7.85. The number of fused-ring (bicyclic) bond motifs is 1. The molecule has 1 amide bonds. The lowest BCUT2D eigenvalue weighted by atomic mass is 9.92. The molecule has 2 saturated heterocycles.